The quantitative estimate of drug-likeness (QED) is 0.403. The number of phenolic OH excluding ortho intramolecular Hbond substituents is 1. The molecule has 2 N–H and O–H groups in total. The first kappa shape index (κ1) is 22.2. The Morgan fingerprint density at radius 2 is 1.57 bits per heavy atom. The Bertz CT molecular complexity index is 714. The number of amides is 1. The van der Waals surface area contributed by atoms with Crippen LogP contribution in [0.2, 0.25) is 0 Å². The lowest BCUT2D eigenvalue weighted by molar-refractivity contribution is 0.0937. The Kier molecular flexibility index (Phi) is 10.4. The lowest BCUT2D eigenvalue weighted by atomic mass is 10.0. The maximum atomic E-state index is 12.3. The molecule has 0 saturated carbocycles. The van der Waals surface area contributed by atoms with Gasteiger partial charge in [-0.3, -0.25) is 4.79 Å². The SMILES string of the molecule is CCCCCCCCCCOCCCNC(=O)c1ccc2ccccc2c1O. The van der Waals surface area contributed by atoms with E-state index in [9.17, 15) is 9.90 Å². The van der Waals surface area contributed by atoms with Crippen molar-refractivity contribution in [1.29, 1.82) is 0 Å². The number of hydrogen-bond acceptors (Lipinski definition) is 3. The number of ether oxygens (including phenoxy) is 1. The molecule has 4 heteroatoms. The molecule has 28 heavy (non-hydrogen) atoms. The van der Waals surface area contributed by atoms with E-state index in [1.807, 2.05) is 30.3 Å². The largest absolute Gasteiger partial charge is 0.506 e. The lowest BCUT2D eigenvalue weighted by Gasteiger charge is -2.09. The summed E-state index contributed by atoms with van der Waals surface area (Å²) in [5.41, 5.74) is 0.318. The predicted octanol–water partition coefficient (Wildman–Crippen LogP) is 5.82. The minimum absolute atomic E-state index is 0.0431. The van der Waals surface area contributed by atoms with E-state index in [-0.39, 0.29) is 11.7 Å². The Balaban J connectivity index is 1.53. The van der Waals surface area contributed by atoms with Gasteiger partial charge in [-0.25, -0.2) is 0 Å². The molecule has 0 unspecified atom stereocenters. The fourth-order valence-corrected chi connectivity index (χ4v) is 3.35. The van der Waals surface area contributed by atoms with Crippen molar-refractivity contribution in [1.82, 2.24) is 5.32 Å². The summed E-state index contributed by atoms with van der Waals surface area (Å²) in [6.45, 7) is 4.24. The van der Waals surface area contributed by atoms with E-state index in [2.05, 4.69) is 12.2 Å². The molecule has 0 aliphatic heterocycles. The predicted molar refractivity (Wildman–Crippen MR) is 116 cm³/mol. The normalized spacial score (nSPS) is 11.0. The zero-order valence-electron chi connectivity index (χ0n) is 17.2. The van der Waals surface area contributed by atoms with Crippen LogP contribution in [0.1, 0.15) is 75.1 Å². The van der Waals surface area contributed by atoms with Gasteiger partial charge in [0.2, 0.25) is 0 Å². The molecule has 0 aliphatic carbocycles. The molecule has 0 fully saturated rings. The second-order valence-electron chi connectivity index (χ2n) is 7.38. The number of carbonyl (C=O) groups excluding carboxylic acids is 1. The summed E-state index contributed by atoms with van der Waals surface area (Å²) in [4.78, 5) is 12.3. The number of fused-ring (bicyclic) bond motifs is 1. The summed E-state index contributed by atoms with van der Waals surface area (Å²) in [7, 11) is 0. The maximum Gasteiger partial charge on any atom is 0.255 e. The van der Waals surface area contributed by atoms with Gasteiger partial charge < -0.3 is 15.2 Å². The first-order valence-electron chi connectivity index (χ1n) is 10.8. The van der Waals surface area contributed by atoms with E-state index >= 15 is 0 Å². The monoisotopic (exact) mass is 385 g/mol. The number of benzene rings is 2. The van der Waals surface area contributed by atoms with Gasteiger partial charge in [-0.1, -0.05) is 82.2 Å². The maximum absolute atomic E-state index is 12.3. The molecule has 0 radical (unpaired) electrons. The van der Waals surface area contributed by atoms with Crippen LogP contribution in [0, 0.1) is 0 Å². The third-order valence-corrected chi connectivity index (χ3v) is 5.04. The molecular weight excluding hydrogens is 350 g/mol. The van der Waals surface area contributed by atoms with Crippen LogP contribution in [0.3, 0.4) is 0 Å². The molecular formula is C24H35NO3. The molecule has 0 heterocycles. The van der Waals surface area contributed by atoms with Crippen LogP contribution in [0.15, 0.2) is 36.4 Å². The molecule has 1 amide bonds. The van der Waals surface area contributed by atoms with E-state index in [0.717, 1.165) is 24.8 Å². The molecule has 0 spiro atoms. The van der Waals surface area contributed by atoms with E-state index in [0.29, 0.717) is 24.1 Å². The van der Waals surface area contributed by atoms with E-state index in [1.165, 1.54) is 44.9 Å². The minimum atomic E-state index is -0.244. The summed E-state index contributed by atoms with van der Waals surface area (Å²) in [6.07, 6.45) is 11.2. The van der Waals surface area contributed by atoms with Gasteiger partial charge in [0.1, 0.15) is 5.75 Å². The molecule has 154 valence electrons. The summed E-state index contributed by atoms with van der Waals surface area (Å²) >= 11 is 0. The van der Waals surface area contributed by atoms with Gasteiger partial charge in [0.15, 0.2) is 0 Å². The number of aromatic hydroxyl groups is 1. The zero-order chi connectivity index (χ0) is 20.0. The highest BCUT2D eigenvalue weighted by Crippen LogP contribution is 2.28. The van der Waals surface area contributed by atoms with Crippen molar-refractivity contribution in [2.75, 3.05) is 19.8 Å². The molecule has 2 rings (SSSR count). The topological polar surface area (TPSA) is 58.6 Å². The van der Waals surface area contributed by atoms with Crippen LogP contribution in [-0.2, 0) is 4.74 Å². The highest BCUT2D eigenvalue weighted by molar-refractivity contribution is 6.03. The number of unbranched alkanes of at least 4 members (excludes halogenated alkanes) is 7. The molecule has 0 aliphatic rings. The Labute approximate surface area is 169 Å². The summed E-state index contributed by atoms with van der Waals surface area (Å²) in [5, 5.41) is 14.8. The summed E-state index contributed by atoms with van der Waals surface area (Å²) in [6, 6.07) is 11.0. The third kappa shape index (κ3) is 7.51. The van der Waals surface area contributed by atoms with Crippen molar-refractivity contribution in [3.8, 4) is 5.75 Å². The van der Waals surface area contributed by atoms with Gasteiger partial charge in [-0.2, -0.15) is 0 Å². The van der Waals surface area contributed by atoms with Gasteiger partial charge in [-0.05, 0) is 24.3 Å². The van der Waals surface area contributed by atoms with Gasteiger partial charge in [0.25, 0.3) is 5.91 Å². The molecule has 0 bridgehead atoms. The van der Waals surface area contributed by atoms with E-state index in [1.54, 1.807) is 6.07 Å². The minimum Gasteiger partial charge on any atom is -0.506 e. The first-order valence-corrected chi connectivity index (χ1v) is 10.8. The van der Waals surface area contributed by atoms with Gasteiger partial charge >= 0.3 is 0 Å². The number of phenols is 1. The molecule has 0 saturated heterocycles. The number of hydrogen-bond donors (Lipinski definition) is 2. The molecule has 4 nitrogen and oxygen atoms in total. The molecule has 2 aromatic carbocycles. The average molecular weight is 386 g/mol. The highest BCUT2D eigenvalue weighted by Gasteiger charge is 2.12. The van der Waals surface area contributed by atoms with Crippen molar-refractivity contribution < 1.29 is 14.6 Å². The first-order chi connectivity index (χ1) is 13.7. The van der Waals surface area contributed by atoms with E-state index in [4.69, 9.17) is 4.74 Å². The second kappa shape index (κ2) is 13.2. The average Bonchev–Trinajstić information content (AvgIpc) is 2.71. The number of rotatable bonds is 14. The van der Waals surface area contributed by atoms with Crippen LogP contribution in [0.4, 0.5) is 0 Å². The summed E-state index contributed by atoms with van der Waals surface area (Å²) < 4.78 is 5.65. The standard InChI is InChI=1S/C24H35NO3/c1-2-3-4-5-6-7-8-11-18-28-19-12-17-25-24(27)22-16-15-20-13-9-10-14-21(20)23(22)26/h9-10,13-16,26H,2-8,11-12,17-19H2,1H3,(H,25,27). The fourth-order valence-electron chi connectivity index (χ4n) is 3.35. The van der Waals surface area contributed by atoms with Crippen molar-refractivity contribution in [3.05, 3.63) is 42.0 Å². The van der Waals surface area contributed by atoms with Crippen molar-refractivity contribution in [3.63, 3.8) is 0 Å². The second-order valence-corrected chi connectivity index (χ2v) is 7.38. The van der Waals surface area contributed by atoms with E-state index < -0.39 is 0 Å². The third-order valence-electron chi connectivity index (χ3n) is 5.04. The Morgan fingerprint density at radius 3 is 2.36 bits per heavy atom. The van der Waals surface area contributed by atoms with Gasteiger partial charge in [0.05, 0.1) is 5.56 Å². The van der Waals surface area contributed by atoms with Gasteiger partial charge in [0, 0.05) is 25.1 Å². The number of carbonyl (C=O) groups is 1. The van der Waals surface area contributed by atoms with Crippen LogP contribution in [0.5, 0.6) is 5.75 Å². The highest BCUT2D eigenvalue weighted by atomic mass is 16.5. The van der Waals surface area contributed by atoms with Crippen LogP contribution >= 0.6 is 0 Å². The van der Waals surface area contributed by atoms with Crippen LogP contribution < -0.4 is 5.32 Å². The van der Waals surface area contributed by atoms with Crippen molar-refractivity contribution >= 4 is 16.7 Å². The number of nitrogens with one attached hydrogen (secondary N) is 1. The summed E-state index contributed by atoms with van der Waals surface area (Å²) in [5.74, 6) is -0.201. The molecule has 2 aromatic rings. The zero-order valence-corrected chi connectivity index (χ0v) is 17.2. The van der Waals surface area contributed by atoms with Gasteiger partial charge in [-0.15, -0.1) is 0 Å². The van der Waals surface area contributed by atoms with Crippen molar-refractivity contribution in [2.24, 2.45) is 0 Å². The molecule has 0 atom stereocenters. The van der Waals surface area contributed by atoms with Crippen LogP contribution in [0.25, 0.3) is 10.8 Å². The lowest BCUT2D eigenvalue weighted by Crippen LogP contribution is -2.25. The fraction of sp³-hybridized carbons (Fsp3) is 0.542. The Morgan fingerprint density at radius 1 is 0.893 bits per heavy atom. The molecule has 0 aromatic heterocycles. The van der Waals surface area contributed by atoms with Crippen LogP contribution in [-0.4, -0.2) is 30.8 Å². The van der Waals surface area contributed by atoms with Crippen molar-refractivity contribution in [2.45, 2.75) is 64.7 Å². The Hall–Kier alpha value is -2.07. The smallest absolute Gasteiger partial charge is 0.255 e.